The molecule has 7 amide bonds. The van der Waals surface area contributed by atoms with E-state index in [-0.39, 0.29) is 158 Å². The number of aromatic nitrogens is 4. The average molecular weight is 1890 g/mol. The number of hydrazine groups is 1. The molecule has 0 spiro atoms. The van der Waals surface area contributed by atoms with Gasteiger partial charge in [0.2, 0.25) is 45.5 Å². The van der Waals surface area contributed by atoms with Crippen LogP contribution < -0.4 is 42.2 Å². The monoisotopic (exact) mass is 1890 g/mol. The van der Waals surface area contributed by atoms with E-state index in [0.717, 1.165) is 27.6 Å². The summed E-state index contributed by atoms with van der Waals surface area (Å²) < 4.78 is 138. The number of nitrogens with one attached hydrogen (secondary N) is 7. The first-order valence-electron chi connectivity index (χ1n) is 44.3. The van der Waals surface area contributed by atoms with Gasteiger partial charge in [-0.05, 0) is 120 Å². The summed E-state index contributed by atoms with van der Waals surface area (Å²) in [6.45, 7) is 12.4. The Balaban J connectivity index is 0.438. The van der Waals surface area contributed by atoms with Gasteiger partial charge >= 0.3 is 12.1 Å². The number of cyclic esters (lactones) is 1. The zero-order chi connectivity index (χ0) is 95.1. The van der Waals surface area contributed by atoms with Crippen LogP contribution in [0.3, 0.4) is 0 Å². The number of halogens is 1. The first kappa shape index (κ1) is 101. The minimum Gasteiger partial charge on any atom is -0.458 e. The standard InChI is InChI=1S/C92H116FN13O25S2/c1-8-92(116)72-49-77-84-69(53-106(77)89(113)71(72)55-130-90(92)114)82-74(24-23-64-58(4)73(93)50-75(100-84)81(64)82)102-132(117,118)47-27-78(107)96-51-60-19-21-62(22-20-60)98-86(110)59(5)97-88(112)83(57(2)3)101-80(109)26-31-122-33-35-124-37-39-126-41-43-128-45-46-129-44-42-127-40-38-125-36-34-123-32-29-95-87(111)76(56-133(119,120)121)99-79(108)25-30-105-63(48-61-14-13-28-94-85(61)105)52-103(6)104(7)91(115)131-54-70-67-17-11-9-15-65(67)66-16-10-12-18-68(66)70/h9-22,28,48-50,57,59,70,74,76,83,102,116H,8,23-27,29-47,51-56H2,1-7H3,(H,95,111)(H,96,107)(H,97,112)(H,98,110)(H,99,108)(H,101,109)(H,119,120,121)/t59-,74-,76-,83-,92-/m0/s1. The summed E-state index contributed by atoms with van der Waals surface area (Å²) in [5, 5.41) is 31.6. The van der Waals surface area contributed by atoms with Gasteiger partial charge in [0.15, 0.2) is 5.60 Å². The van der Waals surface area contributed by atoms with E-state index in [0.29, 0.717) is 116 Å². The van der Waals surface area contributed by atoms with Crippen LogP contribution in [-0.2, 0) is 146 Å². The van der Waals surface area contributed by atoms with Crippen molar-refractivity contribution in [3.05, 3.63) is 181 Å². The van der Waals surface area contributed by atoms with Crippen molar-refractivity contribution in [2.45, 2.75) is 142 Å². The second-order valence-electron chi connectivity index (χ2n) is 33.0. The third-order valence-corrected chi connectivity index (χ3v) is 25.6. The third-order valence-electron chi connectivity index (χ3n) is 23.5. The van der Waals surface area contributed by atoms with Crippen LogP contribution in [0.5, 0.6) is 0 Å². The van der Waals surface area contributed by atoms with Crippen molar-refractivity contribution in [3.8, 4) is 22.5 Å². The Morgan fingerprint density at radius 3 is 1.89 bits per heavy atom. The second-order valence-corrected chi connectivity index (χ2v) is 36.3. The maximum Gasteiger partial charge on any atom is 0.424 e. The molecule has 38 nitrogen and oxygen atoms in total. The van der Waals surface area contributed by atoms with Crippen LogP contribution in [-0.4, -0.2) is 266 Å². The quantitative estimate of drug-likeness (QED) is 0.00996. The van der Waals surface area contributed by atoms with E-state index in [4.69, 9.17) is 52.4 Å². The molecule has 133 heavy (non-hydrogen) atoms. The Kier molecular flexibility index (Phi) is 35.7. The minimum absolute atomic E-state index is 0.0183. The number of aryl methyl sites for hydroxylation is 2. The number of ether oxygens (including phenoxy) is 10. The molecule has 6 heterocycles. The molecule has 12 rings (SSSR count). The van der Waals surface area contributed by atoms with Crippen molar-refractivity contribution in [2.75, 3.05) is 150 Å². The van der Waals surface area contributed by atoms with Gasteiger partial charge in [0.05, 0.1) is 147 Å². The Hall–Kier alpha value is -11.2. The molecule has 9 N–H and O–H groups in total. The highest BCUT2D eigenvalue weighted by atomic mass is 32.2. The molecule has 718 valence electrons. The van der Waals surface area contributed by atoms with E-state index in [2.05, 4.69) is 53.7 Å². The number of hydrogen-bond acceptors (Lipinski definition) is 27. The second kappa shape index (κ2) is 47.2. The fourth-order valence-corrected chi connectivity index (χ4v) is 18.2. The fourth-order valence-electron chi connectivity index (χ4n) is 16.3. The first-order valence-corrected chi connectivity index (χ1v) is 47.5. The number of carbonyl (C=O) groups is 8. The molecule has 0 saturated heterocycles. The molecule has 41 heteroatoms. The highest BCUT2D eigenvalue weighted by Crippen LogP contribution is 2.48. The summed E-state index contributed by atoms with van der Waals surface area (Å²) in [6, 6.07) is 26.5. The zero-order valence-electron chi connectivity index (χ0n) is 75.4. The van der Waals surface area contributed by atoms with E-state index in [9.17, 15) is 69.6 Å². The molecule has 0 radical (unpaired) electrons. The lowest BCUT2D eigenvalue weighted by molar-refractivity contribution is -0.172. The molecule has 8 aromatic rings. The first-order chi connectivity index (χ1) is 63.8. The van der Waals surface area contributed by atoms with E-state index in [1.165, 1.54) is 28.6 Å². The molecule has 0 bridgehead atoms. The van der Waals surface area contributed by atoms with Crippen LogP contribution >= 0.6 is 0 Å². The number of aliphatic hydroxyl groups is 1. The van der Waals surface area contributed by atoms with Gasteiger partial charge in [-0.1, -0.05) is 81.4 Å². The molecular weight excluding hydrogens is 1770 g/mol. The van der Waals surface area contributed by atoms with Crippen molar-refractivity contribution in [2.24, 2.45) is 5.92 Å². The van der Waals surface area contributed by atoms with Crippen molar-refractivity contribution >= 4 is 95.3 Å². The Morgan fingerprint density at radius 1 is 0.677 bits per heavy atom. The van der Waals surface area contributed by atoms with Crippen LogP contribution in [0.1, 0.15) is 128 Å². The molecule has 4 aliphatic rings. The number of fused-ring (bicyclic) bond motifs is 9. The van der Waals surface area contributed by atoms with Gasteiger partial charge in [0.1, 0.15) is 48.6 Å². The normalized spacial score (nSPS) is 15.6. The number of pyridine rings is 3. The topological polar surface area (TPSA) is 481 Å². The van der Waals surface area contributed by atoms with Crippen LogP contribution in [0.25, 0.3) is 44.5 Å². The molecule has 0 fully saturated rings. The predicted octanol–water partition coefficient (Wildman–Crippen LogP) is 5.40. The Morgan fingerprint density at radius 2 is 1.28 bits per heavy atom. The number of esters is 1. The molecule has 2 aliphatic carbocycles. The van der Waals surface area contributed by atoms with E-state index in [1.807, 2.05) is 48.5 Å². The summed E-state index contributed by atoms with van der Waals surface area (Å²) in [4.78, 5) is 129. The summed E-state index contributed by atoms with van der Waals surface area (Å²) in [6.07, 6.45) is 0.863. The number of rotatable bonds is 53. The van der Waals surface area contributed by atoms with E-state index in [1.54, 1.807) is 87.9 Å². The number of anilines is 1. The number of carbonyl (C=O) groups excluding carboxylic acids is 8. The number of amides is 7. The largest absolute Gasteiger partial charge is 0.458 e. The summed E-state index contributed by atoms with van der Waals surface area (Å²) in [7, 11) is -5.55. The predicted molar refractivity (Wildman–Crippen MR) is 484 cm³/mol. The average Bonchev–Trinajstić information content (AvgIpc) is 1.54. The molecule has 0 saturated carbocycles. The number of hydrogen-bond donors (Lipinski definition) is 9. The maximum absolute atomic E-state index is 15.5. The molecular formula is C92H116FN13O25S2. The van der Waals surface area contributed by atoms with Crippen molar-refractivity contribution in [1.29, 1.82) is 0 Å². The van der Waals surface area contributed by atoms with Crippen LogP contribution in [0.4, 0.5) is 14.9 Å². The van der Waals surface area contributed by atoms with E-state index < -0.39 is 127 Å². The third kappa shape index (κ3) is 26.5. The molecule has 0 unspecified atom stereocenters. The molecule has 4 aromatic heterocycles. The smallest absolute Gasteiger partial charge is 0.424 e. The van der Waals surface area contributed by atoms with Crippen LogP contribution in [0.2, 0.25) is 0 Å². The maximum atomic E-state index is 15.5. The van der Waals surface area contributed by atoms with Gasteiger partial charge in [0, 0.05) is 110 Å². The lowest BCUT2D eigenvalue weighted by Gasteiger charge is -2.31. The van der Waals surface area contributed by atoms with Crippen molar-refractivity contribution in [1.82, 2.24) is 60.4 Å². The molecule has 2 aliphatic heterocycles. The Bertz CT molecular complexity index is 5760. The van der Waals surface area contributed by atoms with Crippen LogP contribution in [0, 0.1) is 18.7 Å². The summed E-state index contributed by atoms with van der Waals surface area (Å²) in [5.74, 6) is -7.12. The van der Waals surface area contributed by atoms with Crippen LogP contribution in [0.15, 0.2) is 114 Å². The Labute approximate surface area is 769 Å². The van der Waals surface area contributed by atoms with Gasteiger partial charge in [-0.3, -0.25) is 38.1 Å². The highest BCUT2D eigenvalue weighted by Gasteiger charge is 2.47. The summed E-state index contributed by atoms with van der Waals surface area (Å²) >= 11 is 0. The molecule has 5 atom stereocenters. The summed E-state index contributed by atoms with van der Waals surface area (Å²) in [5.41, 5.74) is 7.19. The van der Waals surface area contributed by atoms with E-state index >= 15 is 4.39 Å². The highest BCUT2D eigenvalue weighted by molar-refractivity contribution is 7.89. The van der Waals surface area contributed by atoms with Gasteiger partial charge < -0.3 is 93.5 Å². The number of benzene rings is 4. The minimum atomic E-state index is -4.71. The molecule has 4 aromatic carbocycles. The van der Waals surface area contributed by atoms with Gasteiger partial charge in [-0.2, -0.15) is 8.42 Å². The number of sulfonamides is 1. The van der Waals surface area contributed by atoms with Crippen molar-refractivity contribution in [3.63, 3.8) is 0 Å². The van der Waals surface area contributed by atoms with Gasteiger partial charge in [-0.15, -0.1) is 0 Å². The van der Waals surface area contributed by atoms with Crippen molar-refractivity contribution < 1.29 is 117 Å². The fraction of sp³-hybridized carbons (Fsp3) is 0.489. The zero-order valence-corrected chi connectivity index (χ0v) is 77.1. The lowest BCUT2D eigenvalue weighted by Crippen LogP contribution is -2.53. The van der Waals surface area contributed by atoms with Gasteiger partial charge in [0.25, 0.3) is 15.7 Å². The number of nitrogens with zero attached hydrogens (tertiary/aromatic N) is 6. The SMILES string of the molecule is CC[C@@]1(O)C(=O)OCc2c1cc1n(c2=O)Cc2c-1nc1cc(F)c(C)c3c1c2[C@@H](NS(=O)(=O)CCC(=O)NCc1ccc(NC(=O)[C@H](C)NC(=O)[C@@H](NC(=O)CCOCCOCCOCCOCCOCCOCCOCCOCCNC(=O)[C@H](CS(=O)(=O)O)NC(=O)CCn2c(CN(C)N(C)C(=O)OCC4c5ccccc5-c5ccccc54)cc4cccnc42)C(C)C)cc1)CC3. The van der Waals surface area contributed by atoms with Gasteiger partial charge in [-0.25, -0.2) is 47.1 Å². The lowest BCUT2D eigenvalue weighted by atomic mass is 9.82.